The molecule has 1 aromatic heterocycles. The van der Waals surface area contributed by atoms with Crippen molar-refractivity contribution in [2.75, 3.05) is 5.75 Å². The van der Waals surface area contributed by atoms with E-state index in [1.165, 1.54) is 24.8 Å². The SMILES string of the molecule is Clc1cnc2c(c1)SNC(SCC1CC1)=N2. The van der Waals surface area contributed by atoms with Crippen LogP contribution in [0, 0.1) is 5.92 Å². The zero-order valence-electron chi connectivity index (χ0n) is 8.44. The summed E-state index contributed by atoms with van der Waals surface area (Å²) in [6.45, 7) is 0. The molecule has 0 radical (unpaired) electrons. The standard InChI is InChI=1S/C10H10ClN3S2/c11-7-3-8-9(12-4-7)13-10(14-16-8)15-5-6-1-2-6/h3-4,6H,1-2,5H2,(H,12,13,14). The van der Waals surface area contributed by atoms with Gasteiger partial charge in [-0.2, -0.15) is 0 Å². The molecular formula is C10H10ClN3S2. The molecule has 1 saturated carbocycles. The molecule has 3 rings (SSSR count). The molecule has 0 spiro atoms. The average molecular weight is 272 g/mol. The third kappa shape index (κ3) is 2.47. The Morgan fingerprint density at radius 3 is 3.25 bits per heavy atom. The molecule has 1 aliphatic heterocycles. The summed E-state index contributed by atoms with van der Waals surface area (Å²) in [5, 5.41) is 1.61. The highest BCUT2D eigenvalue weighted by Gasteiger charge is 2.23. The Labute approximate surface area is 108 Å². The van der Waals surface area contributed by atoms with Crippen LogP contribution >= 0.6 is 35.3 Å². The summed E-state index contributed by atoms with van der Waals surface area (Å²) in [4.78, 5) is 9.67. The van der Waals surface area contributed by atoms with Crippen molar-refractivity contribution in [1.82, 2.24) is 9.71 Å². The molecule has 3 nitrogen and oxygen atoms in total. The molecule has 2 heterocycles. The Hall–Kier alpha value is -0.390. The molecule has 1 aliphatic carbocycles. The second kappa shape index (κ2) is 4.47. The average Bonchev–Trinajstić information content (AvgIpc) is 3.10. The monoisotopic (exact) mass is 271 g/mol. The number of hydrogen-bond donors (Lipinski definition) is 1. The molecule has 0 aromatic carbocycles. The first kappa shape index (κ1) is 10.7. The molecule has 0 bridgehead atoms. The number of nitrogens with zero attached hydrogens (tertiary/aromatic N) is 2. The Morgan fingerprint density at radius 2 is 2.44 bits per heavy atom. The van der Waals surface area contributed by atoms with Crippen LogP contribution < -0.4 is 4.72 Å². The van der Waals surface area contributed by atoms with Crippen LogP contribution in [0.25, 0.3) is 0 Å². The van der Waals surface area contributed by atoms with Gasteiger partial charge in [-0.25, -0.2) is 9.98 Å². The minimum atomic E-state index is 0.650. The number of hydrogen-bond acceptors (Lipinski definition) is 5. The van der Waals surface area contributed by atoms with Gasteiger partial charge in [0.25, 0.3) is 0 Å². The van der Waals surface area contributed by atoms with Gasteiger partial charge in [0.15, 0.2) is 11.0 Å². The summed E-state index contributed by atoms with van der Waals surface area (Å²) in [5.41, 5.74) is 0. The predicted octanol–water partition coefficient (Wildman–Crippen LogP) is 3.48. The van der Waals surface area contributed by atoms with Crippen molar-refractivity contribution >= 4 is 46.3 Å². The van der Waals surface area contributed by atoms with Crippen LogP contribution in [0.1, 0.15) is 12.8 Å². The number of amidine groups is 1. The molecule has 1 aromatic rings. The maximum absolute atomic E-state index is 5.87. The van der Waals surface area contributed by atoms with Gasteiger partial charge in [0, 0.05) is 11.9 Å². The van der Waals surface area contributed by atoms with E-state index >= 15 is 0 Å². The lowest BCUT2D eigenvalue weighted by molar-refractivity contribution is 1.00. The summed E-state index contributed by atoms with van der Waals surface area (Å²) >= 11 is 9.18. The fraction of sp³-hybridized carbons (Fsp3) is 0.400. The molecule has 0 atom stereocenters. The van der Waals surface area contributed by atoms with Gasteiger partial charge in [-0.15, -0.1) is 0 Å². The van der Waals surface area contributed by atoms with Crippen molar-refractivity contribution < 1.29 is 0 Å². The summed E-state index contributed by atoms with van der Waals surface area (Å²) in [6, 6.07) is 1.88. The van der Waals surface area contributed by atoms with Crippen LogP contribution in [0.4, 0.5) is 5.82 Å². The van der Waals surface area contributed by atoms with Crippen LogP contribution in [-0.4, -0.2) is 15.9 Å². The van der Waals surface area contributed by atoms with E-state index in [0.717, 1.165) is 27.6 Å². The van der Waals surface area contributed by atoms with E-state index in [9.17, 15) is 0 Å². The van der Waals surface area contributed by atoms with E-state index in [0.29, 0.717) is 5.02 Å². The van der Waals surface area contributed by atoms with Gasteiger partial charge in [0.2, 0.25) is 0 Å². The van der Waals surface area contributed by atoms with Gasteiger partial charge < -0.3 is 4.72 Å². The maximum Gasteiger partial charge on any atom is 0.173 e. The third-order valence-electron chi connectivity index (χ3n) is 2.41. The fourth-order valence-corrected chi connectivity index (χ4v) is 3.41. The number of thioether (sulfide) groups is 1. The Balaban J connectivity index is 1.74. The van der Waals surface area contributed by atoms with E-state index in [2.05, 4.69) is 14.7 Å². The molecule has 0 unspecified atom stereocenters. The van der Waals surface area contributed by atoms with Crippen LogP contribution in [0.2, 0.25) is 5.02 Å². The van der Waals surface area contributed by atoms with Crippen molar-refractivity contribution in [3.63, 3.8) is 0 Å². The first-order valence-corrected chi connectivity index (χ1v) is 7.29. The summed E-state index contributed by atoms with van der Waals surface area (Å²) < 4.78 is 3.22. The van der Waals surface area contributed by atoms with Crippen LogP contribution in [0.15, 0.2) is 22.2 Å². The Morgan fingerprint density at radius 1 is 1.56 bits per heavy atom. The molecule has 1 fully saturated rings. The van der Waals surface area contributed by atoms with Crippen molar-refractivity contribution in [3.05, 3.63) is 17.3 Å². The molecule has 1 N–H and O–H groups in total. The highest BCUT2D eigenvalue weighted by molar-refractivity contribution is 8.15. The fourth-order valence-electron chi connectivity index (χ4n) is 1.33. The van der Waals surface area contributed by atoms with E-state index < -0.39 is 0 Å². The number of fused-ring (bicyclic) bond motifs is 1. The smallest absolute Gasteiger partial charge is 0.173 e. The van der Waals surface area contributed by atoms with Gasteiger partial charge in [0.1, 0.15) is 0 Å². The minimum absolute atomic E-state index is 0.650. The molecule has 6 heteroatoms. The molecule has 84 valence electrons. The first-order valence-electron chi connectivity index (χ1n) is 5.11. The number of rotatable bonds is 2. The van der Waals surface area contributed by atoms with Crippen molar-refractivity contribution in [2.24, 2.45) is 10.9 Å². The Kier molecular flexibility index (Phi) is 3.00. The van der Waals surface area contributed by atoms with E-state index in [4.69, 9.17) is 11.6 Å². The van der Waals surface area contributed by atoms with Gasteiger partial charge in [-0.05, 0) is 36.8 Å². The number of aromatic nitrogens is 1. The van der Waals surface area contributed by atoms with E-state index in [-0.39, 0.29) is 0 Å². The topological polar surface area (TPSA) is 37.3 Å². The lowest BCUT2D eigenvalue weighted by Gasteiger charge is -2.14. The number of nitrogens with one attached hydrogen (secondary N) is 1. The number of halogens is 1. The number of pyridine rings is 1. The van der Waals surface area contributed by atoms with Crippen molar-refractivity contribution in [1.29, 1.82) is 0 Å². The minimum Gasteiger partial charge on any atom is -0.305 e. The zero-order valence-corrected chi connectivity index (χ0v) is 10.8. The third-order valence-corrected chi connectivity index (χ3v) is 4.66. The quantitative estimate of drug-likeness (QED) is 0.836. The van der Waals surface area contributed by atoms with Gasteiger partial charge >= 0.3 is 0 Å². The lowest BCUT2D eigenvalue weighted by atomic mass is 10.4. The van der Waals surface area contributed by atoms with E-state index in [1.807, 2.05) is 6.07 Å². The van der Waals surface area contributed by atoms with E-state index in [1.54, 1.807) is 18.0 Å². The lowest BCUT2D eigenvalue weighted by Crippen LogP contribution is -2.15. The summed E-state index contributed by atoms with van der Waals surface area (Å²) in [6.07, 6.45) is 4.38. The maximum atomic E-state index is 5.87. The molecule has 16 heavy (non-hydrogen) atoms. The normalized spacial score (nSPS) is 18.7. The second-order valence-corrected chi connectivity index (χ2v) is 6.14. The van der Waals surface area contributed by atoms with Crippen LogP contribution in [0.5, 0.6) is 0 Å². The van der Waals surface area contributed by atoms with Crippen LogP contribution in [-0.2, 0) is 0 Å². The summed E-state index contributed by atoms with van der Waals surface area (Å²) in [7, 11) is 0. The Bertz CT molecular complexity index is 446. The van der Waals surface area contributed by atoms with Crippen LogP contribution in [0.3, 0.4) is 0 Å². The molecule has 0 saturated heterocycles. The molecular weight excluding hydrogens is 262 g/mol. The highest BCUT2D eigenvalue weighted by atomic mass is 35.5. The second-order valence-electron chi connectivity index (χ2n) is 3.85. The van der Waals surface area contributed by atoms with Gasteiger partial charge in [-0.3, -0.25) is 0 Å². The van der Waals surface area contributed by atoms with Gasteiger partial charge in [-0.1, -0.05) is 23.4 Å². The first-order chi connectivity index (χ1) is 7.81. The molecule has 0 amide bonds. The number of aliphatic imine (C=N–C) groups is 1. The zero-order chi connectivity index (χ0) is 11.0. The van der Waals surface area contributed by atoms with Crippen molar-refractivity contribution in [2.45, 2.75) is 17.7 Å². The van der Waals surface area contributed by atoms with Crippen molar-refractivity contribution in [3.8, 4) is 0 Å². The van der Waals surface area contributed by atoms with Gasteiger partial charge in [0.05, 0.1) is 9.92 Å². The largest absolute Gasteiger partial charge is 0.305 e. The molecule has 2 aliphatic rings. The highest BCUT2D eigenvalue weighted by Crippen LogP contribution is 2.36. The summed E-state index contributed by atoms with van der Waals surface area (Å²) in [5.74, 6) is 2.83. The predicted molar refractivity (Wildman–Crippen MR) is 70.5 cm³/mol.